The van der Waals surface area contributed by atoms with Gasteiger partial charge in [-0.3, -0.25) is 0 Å². The zero-order valence-corrected chi connectivity index (χ0v) is 13.5. The van der Waals surface area contributed by atoms with Crippen molar-refractivity contribution >= 4 is 0 Å². The van der Waals surface area contributed by atoms with Crippen LogP contribution in [-0.4, -0.2) is 19.7 Å². The van der Waals surface area contributed by atoms with E-state index in [9.17, 15) is 0 Å². The number of methoxy groups -OCH3 is 1. The van der Waals surface area contributed by atoms with Crippen LogP contribution in [0.15, 0.2) is 18.2 Å². The van der Waals surface area contributed by atoms with Crippen LogP contribution in [0.25, 0.3) is 0 Å². The smallest absolute Gasteiger partial charge is 0.119 e. The lowest BCUT2D eigenvalue weighted by molar-refractivity contribution is 0.263. The average Bonchev–Trinajstić information content (AvgIpc) is 2.52. The fourth-order valence-corrected chi connectivity index (χ4v) is 4.11. The Morgan fingerprint density at radius 1 is 1.19 bits per heavy atom. The number of hydrogen-bond donors (Lipinski definition) is 1. The third-order valence-electron chi connectivity index (χ3n) is 5.38. The van der Waals surface area contributed by atoms with Crippen molar-refractivity contribution in [1.82, 2.24) is 5.32 Å². The highest BCUT2D eigenvalue weighted by molar-refractivity contribution is 5.37. The predicted molar refractivity (Wildman–Crippen MR) is 87.9 cm³/mol. The monoisotopic (exact) mass is 287 g/mol. The molecule has 1 N–H and O–H groups in total. The van der Waals surface area contributed by atoms with Crippen LogP contribution in [-0.2, 0) is 12.8 Å². The van der Waals surface area contributed by atoms with Crippen LogP contribution in [0, 0.1) is 11.8 Å². The van der Waals surface area contributed by atoms with Crippen molar-refractivity contribution in [3.8, 4) is 5.75 Å². The van der Waals surface area contributed by atoms with Crippen molar-refractivity contribution in [2.45, 2.75) is 57.9 Å². The Morgan fingerprint density at radius 3 is 2.90 bits per heavy atom. The molecule has 0 radical (unpaired) electrons. The molecule has 2 nitrogen and oxygen atoms in total. The molecule has 0 aromatic heterocycles. The molecule has 0 heterocycles. The van der Waals surface area contributed by atoms with Crippen molar-refractivity contribution in [1.29, 1.82) is 0 Å². The second-order valence-electron chi connectivity index (χ2n) is 7.12. The molecule has 3 atom stereocenters. The molecule has 1 saturated carbocycles. The minimum atomic E-state index is 0.654. The maximum absolute atomic E-state index is 5.36. The highest BCUT2D eigenvalue weighted by atomic mass is 16.5. The third-order valence-corrected chi connectivity index (χ3v) is 5.38. The quantitative estimate of drug-likeness (QED) is 0.905. The Hall–Kier alpha value is -1.02. The van der Waals surface area contributed by atoms with E-state index >= 15 is 0 Å². The van der Waals surface area contributed by atoms with E-state index in [1.54, 1.807) is 7.11 Å². The topological polar surface area (TPSA) is 21.3 Å². The van der Waals surface area contributed by atoms with Crippen LogP contribution < -0.4 is 10.1 Å². The number of ether oxygens (including phenoxy) is 1. The fraction of sp³-hybridized carbons (Fsp3) is 0.684. The van der Waals surface area contributed by atoms with E-state index in [1.807, 2.05) is 0 Å². The number of rotatable bonds is 4. The van der Waals surface area contributed by atoms with Gasteiger partial charge in [-0.2, -0.15) is 0 Å². The highest BCUT2D eigenvalue weighted by Crippen LogP contribution is 2.29. The second-order valence-corrected chi connectivity index (χ2v) is 7.12. The first-order valence-corrected chi connectivity index (χ1v) is 8.63. The van der Waals surface area contributed by atoms with Crippen molar-refractivity contribution < 1.29 is 4.74 Å². The van der Waals surface area contributed by atoms with Crippen LogP contribution in [0.1, 0.15) is 50.2 Å². The molecule has 0 amide bonds. The van der Waals surface area contributed by atoms with Gasteiger partial charge in [-0.1, -0.05) is 25.8 Å². The van der Waals surface area contributed by atoms with Gasteiger partial charge in [-0.05, 0) is 73.7 Å². The summed E-state index contributed by atoms with van der Waals surface area (Å²) in [6.45, 7) is 3.63. The van der Waals surface area contributed by atoms with Gasteiger partial charge in [0, 0.05) is 6.04 Å². The van der Waals surface area contributed by atoms with E-state index in [0.29, 0.717) is 6.04 Å². The van der Waals surface area contributed by atoms with E-state index in [0.717, 1.165) is 24.0 Å². The molecule has 2 aliphatic rings. The summed E-state index contributed by atoms with van der Waals surface area (Å²) in [5, 5.41) is 3.85. The lowest BCUT2D eigenvalue weighted by Gasteiger charge is -2.31. The maximum Gasteiger partial charge on any atom is 0.119 e. The Morgan fingerprint density at radius 2 is 2.10 bits per heavy atom. The molecule has 3 rings (SSSR count). The van der Waals surface area contributed by atoms with Crippen LogP contribution in [0.5, 0.6) is 5.75 Å². The molecule has 2 aliphatic carbocycles. The average molecular weight is 287 g/mol. The molecule has 0 aliphatic heterocycles. The molecule has 0 bridgehead atoms. The highest BCUT2D eigenvalue weighted by Gasteiger charge is 2.22. The molecule has 0 spiro atoms. The number of nitrogens with one attached hydrogen (secondary N) is 1. The lowest BCUT2D eigenvalue weighted by Crippen LogP contribution is -2.38. The molecular weight excluding hydrogens is 258 g/mol. The van der Waals surface area contributed by atoms with Crippen LogP contribution >= 0.6 is 0 Å². The summed E-state index contributed by atoms with van der Waals surface area (Å²) in [4.78, 5) is 0. The van der Waals surface area contributed by atoms with Crippen molar-refractivity contribution in [2.24, 2.45) is 11.8 Å². The van der Waals surface area contributed by atoms with Gasteiger partial charge in [0.25, 0.3) is 0 Å². The Labute approximate surface area is 129 Å². The minimum absolute atomic E-state index is 0.654. The third kappa shape index (κ3) is 3.79. The summed E-state index contributed by atoms with van der Waals surface area (Å²) in [6.07, 6.45) is 9.36. The van der Waals surface area contributed by atoms with Crippen molar-refractivity contribution in [3.05, 3.63) is 29.3 Å². The minimum Gasteiger partial charge on any atom is -0.497 e. The SMILES string of the molecule is COc1ccc2c(c1)CC(NCC1CCCC(C)C1)CC2. The number of benzene rings is 1. The van der Waals surface area contributed by atoms with Gasteiger partial charge in [0.1, 0.15) is 5.75 Å². The van der Waals surface area contributed by atoms with Crippen LogP contribution in [0.3, 0.4) is 0 Å². The predicted octanol–water partition coefficient (Wildman–Crippen LogP) is 3.97. The maximum atomic E-state index is 5.36. The summed E-state index contributed by atoms with van der Waals surface area (Å²) >= 11 is 0. The molecule has 0 saturated heterocycles. The van der Waals surface area contributed by atoms with Gasteiger partial charge in [-0.25, -0.2) is 0 Å². The zero-order chi connectivity index (χ0) is 14.7. The van der Waals surface area contributed by atoms with E-state index < -0.39 is 0 Å². The molecule has 2 heteroatoms. The number of hydrogen-bond acceptors (Lipinski definition) is 2. The van der Waals surface area contributed by atoms with Gasteiger partial charge >= 0.3 is 0 Å². The summed E-state index contributed by atoms with van der Waals surface area (Å²) in [7, 11) is 1.75. The van der Waals surface area contributed by atoms with E-state index in [4.69, 9.17) is 4.74 Å². The van der Waals surface area contributed by atoms with Gasteiger partial charge in [0.2, 0.25) is 0 Å². The standard InChI is InChI=1S/C19H29NO/c1-14-4-3-5-15(10-14)13-20-18-8-6-16-7-9-19(21-2)12-17(16)11-18/h7,9,12,14-15,18,20H,3-6,8,10-11,13H2,1-2H3. The van der Waals surface area contributed by atoms with Gasteiger partial charge in [0.15, 0.2) is 0 Å². The second kappa shape index (κ2) is 6.83. The first-order chi connectivity index (χ1) is 10.2. The molecule has 3 unspecified atom stereocenters. The molecular formula is C19H29NO. The summed E-state index contributed by atoms with van der Waals surface area (Å²) in [5.41, 5.74) is 3.00. The van der Waals surface area contributed by atoms with E-state index in [-0.39, 0.29) is 0 Å². The molecule has 116 valence electrons. The molecule has 1 aromatic rings. The molecule has 1 fully saturated rings. The van der Waals surface area contributed by atoms with Gasteiger partial charge in [-0.15, -0.1) is 0 Å². The van der Waals surface area contributed by atoms with Crippen molar-refractivity contribution in [3.63, 3.8) is 0 Å². The largest absolute Gasteiger partial charge is 0.497 e. The van der Waals surface area contributed by atoms with Gasteiger partial charge < -0.3 is 10.1 Å². The normalized spacial score (nSPS) is 29.0. The molecule has 21 heavy (non-hydrogen) atoms. The molecule has 1 aromatic carbocycles. The Kier molecular flexibility index (Phi) is 4.84. The summed E-state index contributed by atoms with van der Waals surface area (Å²) < 4.78 is 5.36. The Balaban J connectivity index is 1.53. The fourth-order valence-electron chi connectivity index (χ4n) is 4.11. The Bertz CT molecular complexity index is 471. The lowest BCUT2D eigenvalue weighted by atomic mass is 9.82. The summed E-state index contributed by atoms with van der Waals surface area (Å²) in [6, 6.07) is 7.22. The number of fused-ring (bicyclic) bond motifs is 1. The first kappa shape index (κ1) is 14.9. The first-order valence-electron chi connectivity index (χ1n) is 8.63. The summed E-state index contributed by atoms with van der Waals surface area (Å²) in [5.74, 6) is 2.83. The number of aryl methyl sites for hydroxylation is 1. The van der Waals surface area contributed by atoms with Crippen LogP contribution in [0.4, 0.5) is 0 Å². The van der Waals surface area contributed by atoms with E-state index in [1.165, 1.54) is 56.2 Å². The van der Waals surface area contributed by atoms with Crippen LogP contribution in [0.2, 0.25) is 0 Å². The zero-order valence-electron chi connectivity index (χ0n) is 13.5. The van der Waals surface area contributed by atoms with Crippen molar-refractivity contribution in [2.75, 3.05) is 13.7 Å². The van der Waals surface area contributed by atoms with E-state index in [2.05, 4.69) is 30.4 Å². The van der Waals surface area contributed by atoms with Gasteiger partial charge in [0.05, 0.1) is 7.11 Å².